The Morgan fingerprint density at radius 2 is 0.750 bits per heavy atom. The number of hydrogen-bond acceptors (Lipinski definition) is 5. The molecule has 0 aliphatic rings. The first-order valence-electron chi connectivity index (χ1n) is 25.5. The molecule has 5 nitrogen and oxygen atoms in total. The predicted octanol–water partition coefficient (Wildman–Crippen LogP) is 17.1. The molecule has 0 amide bonds. The van der Waals surface area contributed by atoms with E-state index in [0.717, 1.165) is 96.3 Å². The van der Waals surface area contributed by atoms with E-state index in [9.17, 15) is 9.59 Å². The van der Waals surface area contributed by atoms with Gasteiger partial charge in [0, 0.05) is 19.4 Å². The number of allylic oxidation sites excluding steroid dienone is 12. The maximum atomic E-state index is 12.8. The zero-order valence-corrected chi connectivity index (χ0v) is 39.7. The third kappa shape index (κ3) is 48.0. The van der Waals surface area contributed by atoms with Gasteiger partial charge < -0.3 is 14.2 Å². The number of hydrogen-bond donors (Lipinski definition) is 0. The Bertz CT molecular complexity index is 1080. The van der Waals surface area contributed by atoms with Crippen LogP contribution in [0.1, 0.15) is 239 Å². The summed E-state index contributed by atoms with van der Waals surface area (Å²) in [4.78, 5) is 25.4. The number of rotatable bonds is 46. The molecule has 0 bridgehead atoms. The lowest BCUT2D eigenvalue weighted by Gasteiger charge is -2.18. The van der Waals surface area contributed by atoms with E-state index in [1.165, 1.54) is 109 Å². The van der Waals surface area contributed by atoms with E-state index >= 15 is 0 Å². The van der Waals surface area contributed by atoms with Crippen LogP contribution >= 0.6 is 0 Å². The molecular formula is C55H96O5. The molecular weight excluding hydrogens is 741 g/mol. The van der Waals surface area contributed by atoms with E-state index < -0.39 is 6.10 Å². The minimum absolute atomic E-state index is 0.0641. The highest BCUT2D eigenvalue weighted by atomic mass is 16.6. The fraction of sp³-hybridized carbons (Fsp3) is 0.745. The molecule has 0 saturated heterocycles. The first kappa shape index (κ1) is 57.3. The van der Waals surface area contributed by atoms with Crippen molar-refractivity contribution >= 4 is 11.9 Å². The van der Waals surface area contributed by atoms with Gasteiger partial charge >= 0.3 is 11.9 Å². The van der Waals surface area contributed by atoms with Crippen molar-refractivity contribution in [1.29, 1.82) is 0 Å². The van der Waals surface area contributed by atoms with Crippen molar-refractivity contribution < 1.29 is 23.8 Å². The molecule has 0 radical (unpaired) electrons. The van der Waals surface area contributed by atoms with Crippen molar-refractivity contribution in [2.24, 2.45) is 0 Å². The summed E-state index contributed by atoms with van der Waals surface area (Å²) in [6.45, 7) is 7.54. The van der Waals surface area contributed by atoms with Crippen LogP contribution in [0.2, 0.25) is 0 Å². The van der Waals surface area contributed by atoms with Gasteiger partial charge in [-0.25, -0.2) is 0 Å². The first-order chi connectivity index (χ1) is 29.6. The lowest BCUT2D eigenvalue weighted by molar-refractivity contribution is -0.163. The van der Waals surface area contributed by atoms with Crippen molar-refractivity contribution in [1.82, 2.24) is 0 Å². The van der Waals surface area contributed by atoms with Crippen LogP contribution in [-0.4, -0.2) is 37.9 Å². The highest BCUT2D eigenvalue weighted by molar-refractivity contribution is 5.70. The van der Waals surface area contributed by atoms with Crippen LogP contribution < -0.4 is 0 Å². The summed E-state index contributed by atoms with van der Waals surface area (Å²) >= 11 is 0. The fourth-order valence-corrected chi connectivity index (χ4v) is 7.01. The SMILES string of the molecule is CC/C=C\C/C=C\C/C=C\CCCCCCOCC(COC(=O)CCCCCCCCCCCCCCCCCCC)OC(=O)CCCCC/C=C\C/C=C\C/C=C\CC. The van der Waals surface area contributed by atoms with Gasteiger partial charge in [-0.2, -0.15) is 0 Å². The zero-order valence-electron chi connectivity index (χ0n) is 39.7. The molecule has 0 fully saturated rings. The second-order valence-electron chi connectivity index (χ2n) is 16.7. The maximum absolute atomic E-state index is 12.8. The molecule has 0 spiro atoms. The summed E-state index contributed by atoms with van der Waals surface area (Å²) in [5, 5.41) is 0. The molecule has 0 aliphatic carbocycles. The van der Waals surface area contributed by atoms with Crippen molar-refractivity contribution in [3.63, 3.8) is 0 Å². The minimum atomic E-state index is -0.563. The second-order valence-corrected chi connectivity index (χ2v) is 16.7. The van der Waals surface area contributed by atoms with E-state index in [-0.39, 0.29) is 25.2 Å². The number of carbonyl (C=O) groups is 2. The van der Waals surface area contributed by atoms with Gasteiger partial charge in [0.1, 0.15) is 6.61 Å². The lowest BCUT2D eigenvalue weighted by Crippen LogP contribution is -2.30. The lowest BCUT2D eigenvalue weighted by atomic mass is 10.0. The molecule has 60 heavy (non-hydrogen) atoms. The van der Waals surface area contributed by atoms with Crippen LogP contribution in [0, 0.1) is 0 Å². The third-order valence-corrected chi connectivity index (χ3v) is 10.7. The third-order valence-electron chi connectivity index (χ3n) is 10.7. The number of carbonyl (C=O) groups excluding carboxylic acids is 2. The molecule has 0 aromatic rings. The molecule has 0 aromatic heterocycles. The van der Waals surface area contributed by atoms with Crippen molar-refractivity contribution in [3.8, 4) is 0 Å². The summed E-state index contributed by atoms with van der Waals surface area (Å²) in [6.07, 6.45) is 64.9. The van der Waals surface area contributed by atoms with Gasteiger partial charge in [-0.3, -0.25) is 9.59 Å². The smallest absolute Gasteiger partial charge is 0.306 e. The minimum Gasteiger partial charge on any atom is -0.462 e. The van der Waals surface area contributed by atoms with Gasteiger partial charge in [-0.05, 0) is 83.5 Å². The Hall–Kier alpha value is -2.66. The van der Waals surface area contributed by atoms with Crippen molar-refractivity contribution in [3.05, 3.63) is 72.9 Å². The van der Waals surface area contributed by atoms with E-state index in [0.29, 0.717) is 19.4 Å². The highest BCUT2D eigenvalue weighted by Crippen LogP contribution is 2.15. The average Bonchev–Trinajstić information content (AvgIpc) is 3.25. The molecule has 1 atom stereocenters. The Morgan fingerprint density at radius 1 is 0.383 bits per heavy atom. The Morgan fingerprint density at radius 3 is 1.22 bits per heavy atom. The number of unbranched alkanes of at least 4 members (excludes halogenated alkanes) is 23. The second kappa shape index (κ2) is 50.7. The molecule has 1 unspecified atom stereocenters. The average molecular weight is 837 g/mol. The summed E-state index contributed by atoms with van der Waals surface area (Å²) < 4.78 is 17.3. The number of ether oxygens (including phenoxy) is 3. The molecule has 0 heterocycles. The molecule has 346 valence electrons. The Kier molecular flexibility index (Phi) is 48.4. The van der Waals surface area contributed by atoms with Gasteiger partial charge in [0.15, 0.2) is 6.10 Å². The predicted molar refractivity (Wildman–Crippen MR) is 260 cm³/mol. The van der Waals surface area contributed by atoms with Crippen LogP contribution in [0.25, 0.3) is 0 Å². The largest absolute Gasteiger partial charge is 0.462 e. The van der Waals surface area contributed by atoms with Crippen molar-refractivity contribution in [2.45, 2.75) is 245 Å². The zero-order chi connectivity index (χ0) is 43.5. The van der Waals surface area contributed by atoms with Gasteiger partial charge in [0.25, 0.3) is 0 Å². The van der Waals surface area contributed by atoms with E-state index in [1.807, 2.05) is 0 Å². The van der Waals surface area contributed by atoms with Gasteiger partial charge in [0.2, 0.25) is 0 Å². The number of esters is 2. The Balaban J connectivity index is 4.30. The molecule has 0 N–H and O–H groups in total. The quantitative estimate of drug-likeness (QED) is 0.0347. The molecule has 0 saturated carbocycles. The van der Waals surface area contributed by atoms with Gasteiger partial charge in [-0.1, -0.05) is 216 Å². The highest BCUT2D eigenvalue weighted by Gasteiger charge is 2.17. The van der Waals surface area contributed by atoms with Gasteiger partial charge in [-0.15, -0.1) is 0 Å². The first-order valence-corrected chi connectivity index (χ1v) is 25.5. The van der Waals surface area contributed by atoms with E-state index in [1.54, 1.807) is 0 Å². The van der Waals surface area contributed by atoms with E-state index in [2.05, 4.69) is 93.7 Å². The molecule has 5 heteroatoms. The van der Waals surface area contributed by atoms with E-state index in [4.69, 9.17) is 14.2 Å². The van der Waals surface area contributed by atoms with Gasteiger partial charge in [0.05, 0.1) is 6.61 Å². The monoisotopic (exact) mass is 837 g/mol. The molecule has 0 rings (SSSR count). The standard InChI is InChI=1S/C55H96O5/c1-4-7-10-13-16-19-22-25-27-28-29-31-33-36-39-42-45-48-54(56)59-52-53(51-58-50-47-44-41-38-35-32-26-23-20-17-14-11-8-5-2)60-55(57)49-46-43-40-37-34-30-24-21-18-15-12-9-6-3/h8-9,11-12,17-18,20-21,26,30,32,34,53H,4-7,10,13-16,19,22-25,27-29,31,33,35-52H2,1-3H3/b11-8-,12-9-,20-17-,21-18-,32-26-,34-30-. The Labute approximate surface area is 372 Å². The summed E-state index contributed by atoms with van der Waals surface area (Å²) in [5.41, 5.74) is 0. The normalized spacial score (nSPS) is 12.8. The molecule has 0 aromatic carbocycles. The van der Waals surface area contributed by atoms with Crippen LogP contribution in [0.4, 0.5) is 0 Å². The van der Waals surface area contributed by atoms with Crippen LogP contribution in [0.3, 0.4) is 0 Å². The van der Waals surface area contributed by atoms with Crippen molar-refractivity contribution in [2.75, 3.05) is 19.8 Å². The summed E-state index contributed by atoms with van der Waals surface area (Å²) in [7, 11) is 0. The van der Waals surface area contributed by atoms with Crippen LogP contribution in [0.15, 0.2) is 72.9 Å². The summed E-state index contributed by atoms with van der Waals surface area (Å²) in [6, 6.07) is 0. The van der Waals surface area contributed by atoms with Crippen LogP contribution in [-0.2, 0) is 23.8 Å². The topological polar surface area (TPSA) is 61.8 Å². The fourth-order valence-electron chi connectivity index (χ4n) is 7.01. The van der Waals surface area contributed by atoms with Crippen LogP contribution in [0.5, 0.6) is 0 Å². The maximum Gasteiger partial charge on any atom is 0.306 e. The molecule has 0 aliphatic heterocycles. The summed E-state index contributed by atoms with van der Waals surface area (Å²) in [5.74, 6) is -0.439.